The van der Waals surface area contributed by atoms with Gasteiger partial charge in [-0.25, -0.2) is 0 Å². The predicted octanol–water partition coefficient (Wildman–Crippen LogP) is 1.85. The molecule has 0 amide bonds. The van der Waals surface area contributed by atoms with Crippen molar-refractivity contribution in [3.8, 4) is 5.75 Å². The summed E-state index contributed by atoms with van der Waals surface area (Å²) in [6, 6.07) is 7.69. The van der Waals surface area contributed by atoms with Crippen LogP contribution < -0.4 is 10.1 Å². The Bertz CT molecular complexity index is 383. The first kappa shape index (κ1) is 14.6. The maximum absolute atomic E-state index is 9.87. The molecule has 1 atom stereocenters. The first-order chi connectivity index (χ1) is 9.25. The van der Waals surface area contributed by atoms with Gasteiger partial charge in [0.2, 0.25) is 0 Å². The molecule has 1 fully saturated rings. The standard InChI is InChI=1S/C14H20ClNO3/c15-13-3-1-2-4-14(13)19-10-12(17)9-16-11-5-7-18-8-6-11/h1-4,11-12,16-17H,5-10H2. The number of ether oxygens (including phenoxy) is 2. The molecule has 0 aromatic heterocycles. The molecule has 1 aromatic carbocycles. The van der Waals surface area contributed by atoms with Crippen LogP contribution in [-0.2, 0) is 4.74 Å². The van der Waals surface area contributed by atoms with E-state index in [0.29, 0.717) is 23.4 Å². The summed E-state index contributed by atoms with van der Waals surface area (Å²) < 4.78 is 10.8. The summed E-state index contributed by atoms with van der Waals surface area (Å²) in [6.45, 7) is 2.35. The van der Waals surface area contributed by atoms with Crippen LogP contribution in [0.3, 0.4) is 0 Å². The number of para-hydroxylation sites is 1. The van der Waals surface area contributed by atoms with Gasteiger partial charge in [0.1, 0.15) is 18.5 Å². The van der Waals surface area contributed by atoms with E-state index in [1.807, 2.05) is 12.1 Å². The molecule has 2 rings (SSSR count). The second-order valence-electron chi connectivity index (χ2n) is 4.69. The molecule has 2 N–H and O–H groups in total. The lowest BCUT2D eigenvalue weighted by molar-refractivity contribution is 0.0655. The van der Waals surface area contributed by atoms with Crippen LogP contribution in [0.5, 0.6) is 5.75 Å². The second-order valence-corrected chi connectivity index (χ2v) is 5.10. The fourth-order valence-corrected chi connectivity index (χ4v) is 2.20. The third-order valence-corrected chi connectivity index (χ3v) is 3.44. The van der Waals surface area contributed by atoms with Crippen molar-refractivity contribution in [1.82, 2.24) is 5.32 Å². The van der Waals surface area contributed by atoms with Gasteiger partial charge in [0.25, 0.3) is 0 Å². The van der Waals surface area contributed by atoms with E-state index in [1.165, 1.54) is 0 Å². The number of hydrogen-bond acceptors (Lipinski definition) is 4. The lowest BCUT2D eigenvalue weighted by Crippen LogP contribution is -2.40. The molecule has 1 aliphatic heterocycles. The van der Waals surface area contributed by atoms with E-state index in [1.54, 1.807) is 12.1 Å². The van der Waals surface area contributed by atoms with Crippen molar-refractivity contribution in [3.05, 3.63) is 29.3 Å². The van der Waals surface area contributed by atoms with E-state index in [4.69, 9.17) is 21.1 Å². The average Bonchev–Trinajstić information content (AvgIpc) is 2.45. The molecule has 1 heterocycles. The van der Waals surface area contributed by atoms with Gasteiger partial charge in [0, 0.05) is 25.8 Å². The van der Waals surface area contributed by atoms with Crippen molar-refractivity contribution >= 4 is 11.6 Å². The van der Waals surface area contributed by atoms with Gasteiger partial charge in [-0.15, -0.1) is 0 Å². The number of aliphatic hydroxyl groups is 1. The third-order valence-electron chi connectivity index (χ3n) is 3.13. The third kappa shape index (κ3) is 4.99. The zero-order valence-corrected chi connectivity index (χ0v) is 11.6. The van der Waals surface area contributed by atoms with Crippen molar-refractivity contribution in [2.75, 3.05) is 26.4 Å². The van der Waals surface area contributed by atoms with Crippen LogP contribution in [0.15, 0.2) is 24.3 Å². The fraction of sp³-hybridized carbons (Fsp3) is 0.571. The molecule has 19 heavy (non-hydrogen) atoms. The summed E-state index contributed by atoms with van der Waals surface area (Å²) in [4.78, 5) is 0. The molecule has 1 unspecified atom stereocenters. The van der Waals surface area contributed by atoms with Crippen LogP contribution in [0.4, 0.5) is 0 Å². The molecule has 4 nitrogen and oxygen atoms in total. The lowest BCUT2D eigenvalue weighted by Gasteiger charge is -2.24. The molecule has 0 bridgehead atoms. The number of hydrogen-bond donors (Lipinski definition) is 2. The Morgan fingerprint density at radius 3 is 2.84 bits per heavy atom. The Hall–Kier alpha value is -0.810. The molecular formula is C14H20ClNO3. The van der Waals surface area contributed by atoms with Crippen molar-refractivity contribution in [1.29, 1.82) is 0 Å². The minimum absolute atomic E-state index is 0.236. The molecule has 5 heteroatoms. The molecule has 0 aliphatic carbocycles. The molecule has 1 aromatic rings. The Balaban J connectivity index is 1.66. The highest BCUT2D eigenvalue weighted by Crippen LogP contribution is 2.23. The van der Waals surface area contributed by atoms with E-state index in [9.17, 15) is 5.11 Å². The highest BCUT2D eigenvalue weighted by atomic mass is 35.5. The number of nitrogens with one attached hydrogen (secondary N) is 1. The van der Waals surface area contributed by atoms with Gasteiger partial charge >= 0.3 is 0 Å². The Morgan fingerprint density at radius 2 is 2.11 bits per heavy atom. The highest BCUT2D eigenvalue weighted by molar-refractivity contribution is 6.32. The predicted molar refractivity (Wildman–Crippen MR) is 74.8 cm³/mol. The van der Waals surface area contributed by atoms with E-state index in [-0.39, 0.29) is 6.61 Å². The molecule has 1 saturated heterocycles. The summed E-state index contributed by atoms with van der Waals surface area (Å²) in [5, 5.41) is 13.8. The number of benzene rings is 1. The van der Waals surface area contributed by atoms with Gasteiger partial charge in [-0.1, -0.05) is 23.7 Å². The number of halogens is 1. The maximum atomic E-state index is 9.87. The van der Waals surface area contributed by atoms with Crippen LogP contribution in [0.2, 0.25) is 5.02 Å². The van der Waals surface area contributed by atoms with Gasteiger partial charge in [-0.2, -0.15) is 0 Å². The first-order valence-corrected chi connectivity index (χ1v) is 7.00. The summed E-state index contributed by atoms with van der Waals surface area (Å²) in [7, 11) is 0. The van der Waals surface area contributed by atoms with Crippen molar-refractivity contribution in [2.45, 2.75) is 25.0 Å². The van der Waals surface area contributed by atoms with Crippen LogP contribution in [0.1, 0.15) is 12.8 Å². The van der Waals surface area contributed by atoms with Crippen LogP contribution in [0.25, 0.3) is 0 Å². The Morgan fingerprint density at radius 1 is 1.37 bits per heavy atom. The zero-order chi connectivity index (χ0) is 13.5. The monoisotopic (exact) mass is 285 g/mol. The lowest BCUT2D eigenvalue weighted by atomic mass is 10.1. The zero-order valence-electron chi connectivity index (χ0n) is 10.8. The molecule has 0 radical (unpaired) electrons. The molecule has 0 spiro atoms. The minimum atomic E-state index is -0.542. The molecular weight excluding hydrogens is 266 g/mol. The van der Waals surface area contributed by atoms with Crippen molar-refractivity contribution in [2.24, 2.45) is 0 Å². The van der Waals surface area contributed by atoms with E-state index >= 15 is 0 Å². The van der Waals surface area contributed by atoms with E-state index in [0.717, 1.165) is 26.1 Å². The molecule has 106 valence electrons. The van der Waals surface area contributed by atoms with Crippen LogP contribution >= 0.6 is 11.6 Å². The topological polar surface area (TPSA) is 50.7 Å². The minimum Gasteiger partial charge on any atom is -0.489 e. The van der Waals surface area contributed by atoms with Gasteiger partial charge in [-0.05, 0) is 25.0 Å². The summed E-state index contributed by atoms with van der Waals surface area (Å²) in [6.07, 6.45) is 1.45. The van der Waals surface area contributed by atoms with E-state index in [2.05, 4.69) is 5.32 Å². The smallest absolute Gasteiger partial charge is 0.138 e. The average molecular weight is 286 g/mol. The largest absolute Gasteiger partial charge is 0.489 e. The molecule has 1 aliphatic rings. The maximum Gasteiger partial charge on any atom is 0.138 e. The van der Waals surface area contributed by atoms with Crippen molar-refractivity contribution in [3.63, 3.8) is 0 Å². The summed E-state index contributed by atoms with van der Waals surface area (Å²) >= 11 is 5.97. The van der Waals surface area contributed by atoms with Gasteiger partial charge in [-0.3, -0.25) is 0 Å². The first-order valence-electron chi connectivity index (χ1n) is 6.62. The second kappa shape index (κ2) is 7.70. The summed E-state index contributed by atoms with van der Waals surface area (Å²) in [5.74, 6) is 0.606. The van der Waals surface area contributed by atoms with Gasteiger partial charge in [0.15, 0.2) is 0 Å². The van der Waals surface area contributed by atoms with Crippen LogP contribution in [-0.4, -0.2) is 43.6 Å². The highest BCUT2D eigenvalue weighted by Gasteiger charge is 2.15. The quantitative estimate of drug-likeness (QED) is 0.837. The fourth-order valence-electron chi connectivity index (χ4n) is 2.01. The van der Waals surface area contributed by atoms with E-state index < -0.39 is 6.10 Å². The Kier molecular flexibility index (Phi) is 5.92. The normalized spacial score (nSPS) is 18.2. The number of rotatable bonds is 6. The SMILES string of the molecule is OC(CNC1CCOCC1)COc1ccccc1Cl. The van der Waals surface area contributed by atoms with Gasteiger partial charge in [0.05, 0.1) is 5.02 Å². The number of aliphatic hydroxyl groups excluding tert-OH is 1. The van der Waals surface area contributed by atoms with Gasteiger partial charge < -0.3 is 19.9 Å². The Labute approximate surface area is 118 Å². The van der Waals surface area contributed by atoms with Crippen LogP contribution in [0, 0.1) is 0 Å². The van der Waals surface area contributed by atoms with Crippen molar-refractivity contribution < 1.29 is 14.6 Å². The summed E-state index contributed by atoms with van der Waals surface area (Å²) in [5.41, 5.74) is 0. The molecule has 0 saturated carbocycles.